The Kier molecular flexibility index (Phi) is 3.40. The standard InChI is InChI=1S/C8H8OS.C2H4N4/c1-9-7-4-6-2-3-8(7)10-5-6;1-6-4-2-3-5-6/h2-4H,5H2,1H3;2H,1H3. The average molecular weight is 236 g/mol. The highest BCUT2D eigenvalue weighted by molar-refractivity contribution is 7.98. The molecule has 6 heteroatoms. The fourth-order valence-electron chi connectivity index (χ4n) is 1.30. The molecule has 0 amide bonds. The van der Waals surface area contributed by atoms with Crippen LogP contribution < -0.4 is 4.74 Å². The minimum atomic E-state index is 1.02. The van der Waals surface area contributed by atoms with Crippen molar-refractivity contribution in [3.8, 4) is 5.75 Å². The van der Waals surface area contributed by atoms with Crippen molar-refractivity contribution in [1.82, 2.24) is 20.2 Å². The van der Waals surface area contributed by atoms with E-state index in [9.17, 15) is 0 Å². The second kappa shape index (κ2) is 4.98. The van der Waals surface area contributed by atoms with Crippen LogP contribution in [0.4, 0.5) is 0 Å². The van der Waals surface area contributed by atoms with E-state index in [1.165, 1.54) is 21.6 Å². The van der Waals surface area contributed by atoms with Crippen molar-refractivity contribution in [2.45, 2.75) is 10.6 Å². The summed E-state index contributed by atoms with van der Waals surface area (Å²) in [6.45, 7) is 0. The smallest absolute Gasteiger partial charge is 0.162 e. The van der Waals surface area contributed by atoms with Gasteiger partial charge in [0.15, 0.2) is 6.33 Å². The molecule has 1 aromatic heterocycles. The molecule has 16 heavy (non-hydrogen) atoms. The van der Waals surface area contributed by atoms with Crippen LogP contribution in [-0.4, -0.2) is 27.3 Å². The van der Waals surface area contributed by atoms with Crippen molar-refractivity contribution in [2.75, 3.05) is 7.11 Å². The number of ether oxygens (including phenoxy) is 1. The quantitative estimate of drug-likeness (QED) is 0.751. The number of fused-ring (bicyclic) bond motifs is 3. The Morgan fingerprint density at radius 1 is 1.44 bits per heavy atom. The number of tetrazole rings is 1. The molecule has 0 N–H and O–H groups in total. The summed E-state index contributed by atoms with van der Waals surface area (Å²) in [5.74, 6) is 2.13. The van der Waals surface area contributed by atoms with Gasteiger partial charge < -0.3 is 4.74 Å². The number of hydrogen-bond acceptors (Lipinski definition) is 5. The number of aryl methyl sites for hydroxylation is 1. The molecular formula is C10H12N4OS. The normalized spacial score (nSPS) is 11.9. The van der Waals surface area contributed by atoms with Crippen LogP contribution in [0, 0.1) is 0 Å². The van der Waals surface area contributed by atoms with Crippen LogP contribution in [0.3, 0.4) is 0 Å². The molecule has 84 valence electrons. The number of rotatable bonds is 1. The highest BCUT2D eigenvalue weighted by Gasteiger charge is 2.10. The van der Waals surface area contributed by atoms with Crippen LogP contribution in [0.5, 0.6) is 5.75 Å². The van der Waals surface area contributed by atoms with Gasteiger partial charge in [0.25, 0.3) is 0 Å². The monoisotopic (exact) mass is 236 g/mol. The number of hydrogen-bond donors (Lipinski definition) is 0. The number of benzene rings is 1. The van der Waals surface area contributed by atoms with E-state index in [2.05, 4.69) is 33.6 Å². The lowest BCUT2D eigenvalue weighted by atomic mass is 10.2. The summed E-state index contributed by atoms with van der Waals surface area (Å²) in [7, 11) is 3.43. The van der Waals surface area contributed by atoms with Gasteiger partial charge in [0, 0.05) is 10.6 Å². The van der Waals surface area contributed by atoms with E-state index >= 15 is 0 Å². The molecule has 4 rings (SSSR count). The maximum absolute atomic E-state index is 5.16. The average Bonchev–Trinajstić information content (AvgIpc) is 2.82. The highest BCUT2D eigenvalue weighted by atomic mass is 32.2. The number of nitrogens with zero attached hydrogens (tertiary/aromatic N) is 4. The number of thioether (sulfide) groups is 1. The zero-order valence-corrected chi connectivity index (χ0v) is 9.94. The first-order chi connectivity index (χ1) is 7.79. The highest BCUT2D eigenvalue weighted by Crippen LogP contribution is 2.37. The van der Waals surface area contributed by atoms with Crippen LogP contribution in [0.1, 0.15) is 5.56 Å². The van der Waals surface area contributed by atoms with Gasteiger partial charge in [-0.05, 0) is 22.9 Å². The van der Waals surface area contributed by atoms with Gasteiger partial charge in [-0.2, -0.15) is 4.80 Å². The van der Waals surface area contributed by atoms with Gasteiger partial charge in [-0.15, -0.1) is 22.0 Å². The largest absolute Gasteiger partial charge is 0.496 e. The predicted octanol–water partition coefficient (Wildman–Crippen LogP) is 1.51. The molecule has 0 saturated heterocycles. The third kappa shape index (κ3) is 2.52. The molecule has 0 unspecified atom stereocenters. The van der Waals surface area contributed by atoms with E-state index in [4.69, 9.17) is 4.74 Å². The molecule has 1 aromatic carbocycles. The Morgan fingerprint density at radius 2 is 2.31 bits per heavy atom. The van der Waals surface area contributed by atoms with Crippen LogP contribution in [0.25, 0.3) is 0 Å². The third-order valence-electron chi connectivity index (χ3n) is 2.07. The minimum absolute atomic E-state index is 1.02. The van der Waals surface area contributed by atoms with Gasteiger partial charge in [-0.25, -0.2) is 0 Å². The molecule has 0 radical (unpaired) electrons. The zero-order chi connectivity index (χ0) is 11.4. The van der Waals surface area contributed by atoms with Gasteiger partial charge in [-0.1, -0.05) is 6.07 Å². The van der Waals surface area contributed by atoms with E-state index in [1.54, 1.807) is 14.2 Å². The summed E-state index contributed by atoms with van der Waals surface area (Å²) in [6, 6.07) is 6.36. The molecule has 2 aliphatic rings. The van der Waals surface area contributed by atoms with Crippen molar-refractivity contribution in [2.24, 2.45) is 7.05 Å². The van der Waals surface area contributed by atoms with Gasteiger partial charge >= 0.3 is 0 Å². The number of aromatic nitrogens is 4. The van der Waals surface area contributed by atoms with E-state index in [0.29, 0.717) is 0 Å². The Hall–Kier alpha value is -1.56. The minimum Gasteiger partial charge on any atom is -0.496 e. The molecule has 2 aromatic rings. The lowest BCUT2D eigenvalue weighted by molar-refractivity contribution is 0.403. The van der Waals surface area contributed by atoms with Crippen molar-refractivity contribution in [1.29, 1.82) is 0 Å². The summed E-state index contributed by atoms with van der Waals surface area (Å²) in [6.07, 6.45) is 1.39. The first kappa shape index (κ1) is 10.9. The summed E-state index contributed by atoms with van der Waals surface area (Å²) in [5.41, 5.74) is 1.36. The maximum Gasteiger partial charge on any atom is 0.162 e. The molecule has 0 saturated carbocycles. The Morgan fingerprint density at radius 3 is 2.56 bits per heavy atom. The first-order valence-electron chi connectivity index (χ1n) is 4.76. The second-order valence-electron chi connectivity index (χ2n) is 3.20. The fourth-order valence-corrected chi connectivity index (χ4v) is 2.25. The number of methoxy groups -OCH3 is 1. The van der Waals surface area contributed by atoms with E-state index in [1.807, 2.05) is 11.8 Å². The van der Waals surface area contributed by atoms with Crippen LogP contribution in [0.15, 0.2) is 29.4 Å². The molecule has 0 atom stereocenters. The van der Waals surface area contributed by atoms with Gasteiger partial charge in [0.1, 0.15) is 5.75 Å². The maximum atomic E-state index is 5.16. The summed E-state index contributed by atoms with van der Waals surface area (Å²) < 4.78 is 5.16. The van der Waals surface area contributed by atoms with Gasteiger partial charge in [-0.3, -0.25) is 0 Å². The molecule has 2 bridgehead atoms. The van der Waals surface area contributed by atoms with E-state index in [0.717, 1.165) is 11.5 Å². The van der Waals surface area contributed by atoms with Crippen LogP contribution in [-0.2, 0) is 12.8 Å². The van der Waals surface area contributed by atoms with Gasteiger partial charge in [0.05, 0.1) is 14.2 Å². The molecule has 0 spiro atoms. The van der Waals surface area contributed by atoms with Crippen LogP contribution >= 0.6 is 11.8 Å². The first-order valence-corrected chi connectivity index (χ1v) is 5.75. The lowest BCUT2D eigenvalue weighted by Gasteiger charge is -2.15. The summed E-state index contributed by atoms with van der Waals surface area (Å²) >= 11 is 1.85. The molecule has 0 aliphatic carbocycles. The Balaban J connectivity index is 0.000000138. The summed E-state index contributed by atoms with van der Waals surface area (Å²) in [5, 5.41) is 10.5. The Bertz CT molecular complexity index is 458. The predicted molar refractivity (Wildman–Crippen MR) is 61.4 cm³/mol. The molecular weight excluding hydrogens is 224 g/mol. The van der Waals surface area contributed by atoms with Crippen molar-refractivity contribution >= 4 is 11.8 Å². The molecule has 5 nitrogen and oxygen atoms in total. The van der Waals surface area contributed by atoms with Crippen molar-refractivity contribution in [3.05, 3.63) is 30.1 Å². The molecule has 2 aliphatic heterocycles. The zero-order valence-electron chi connectivity index (χ0n) is 9.12. The van der Waals surface area contributed by atoms with Crippen molar-refractivity contribution < 1.29 is 4.74 Å². The topological polar surface area (TPSA) is 52.8 Å². The Labute approximate surface area is 97.8 Å². The second-order valence-corrected chi connectivity index (χ2v) is 4.22. The SMILES string of the molecule is COc1cc2ccc1SC2.Cn1ncnn1. The van der Waals surface area contributed by atoms with Crippen LogP contribution in [0.2, 0.25) is 0 Å². The van der Waals surface area contributed by atoms with E-state index in [-0.39, 0.29) is 0 Å². The van der Waals surface area contributed by atoms with Gasteiger partial charge in [0.2, 0.25) is 0 Å². The molecule has 0 fully saturated rings. The molecule has 3 heterocycles. The fraction of sp³-hybridized carbons (Fsp3) is 0.300. The van der Waals surface area contributed by atoms with E-state index < -0.39 is 0 Å². The third-order valence-corrected chi connectivity index (χ3v) is 3.20. The summed E-state index contributed by atoms with van der Waals surface area (Å²) in [4.78, 5) is 2.65. The van der Waals surface area contributed by atoms with Crippen molar-refractivity contribution in [3.63, 3.8) is 0 Å². The lowest BCUT2D eigenvalue weighted by Crippen LogP contribution is -1.94.